The Labute approximate surface area is 82.9 Å². The molecule has 1 heterocycles. The van der Waals surface area contributed by atoms with E-state index in [1.165, 1.54) is 12.1 Å². The first kappa shape index (κ1) is 9.46. The van der Waals surface area contributed by atoms with Crippen molar-refractivity contribution in [2.24, 2.45) is 11.7 Å². The summed E-state index contributed by atoms with van der Waals surface area (Å²) in [5.74, 6) is 0.762. The lowest BCUT2D eigenvalue weighted by Crippen LogP contribution is -2.35. The monoisotopic (exact) mass is 195 g/mol. The minimum Gasteiger partial charge on any atom is -0.493 e. The van der Waals surface area contributed by atoms with E-state index in [-0.39, 0.29) is 11.9 Å². The molecule has 0 aliphatic carbocycles. The van der Waals surface area contributed by atoms with Crippen molar-refractivity contribution in [3.8, 4) is 5.75 Å². The molecule has 1 aliphatic rings. The molecule has 2 atom stereocenters. The van der Waals surface area contributed by atoms with Gasteiger partial charge < -0.3 is 10.5 Å². The van der Waals surface area contributed by atoms with Gasteiger partial charge in [0.05, 0.1) is 6.61 Å². The number of nitrogens with two attached hydrogens (primary N) is 1. The molecule has 0 radical (unpaired) electrons. The Kier molecular flexibility index (Phi) is 2.42. The Morgan fingerprint density at radius 1 is 1.57 bits per heavy atom. The highest BCUT2D eigenvalue weighted by Gasteiger charge is 2.22. The fourth-order valence-electron chi connectivity index (χ4n) is 1.71. The topological polar surface area (TPSA) is 35.2 Å². The molecule has 0 aromatic heterocycles. The Balaban J connectivity index is 2.23. The molecule has 3 heteroatoms. The number of hydrogen-bond donors (Lipinski definition) is 1. The van der Waals surface area contributed by atoms with E-state index in [1.807, 2.05) is 6.92 Å². The molecule has 14 heavy (non-hydrogen) atoms. The fourth-order valence-corrected chi connectivity index (χ4v) is 1.71. The Morgan fingerprint density at radius 2 is 2.36 bits per heavy atom. The van der Waals surface area contributed by atoms with E-state index in [0.29, 0.717) is 18.3 Å². The molecule has 0 bridgehead atoms. The highest BCUT2D eigenvalue weighted by Crippen LogP contribution is 2.28. The zero-order valence-corrected chi connectivity index (χ0v) is 8.16. The number of rotatable bonds is 1. The Bertz CT molecular complexity index is 338. The molecule has 2 unspecified atom stereocenters. The van der Waals surface area contributed by atoms with Gasteiger partial charge in [-0.15, -0.1) is 0 Å². The summed E-state index contributed by atoms with van der Waals surface area (Å²) in [5.41, 5.74) is 6.86. The van der Waals surface area contributed by atoms with Gasteiger partial charge in [0.25, 0.3) is 0 Å². The largest absolute Gasteiger partial charge is 0.493 e. The SMILES string of the molecule is CC(N)C1COc2cc(F)ccc2C1. The van der Waals surface area contributed by atoms with Crippen LogP contribution in [0.4, 0.5) is 4.39 Å². The van der Waals surface area contributed by atoms with Crippen LogP contribution in [0.25, 0.3) is 0 Å². The van der Waals surface area contributed by atoms with Gasteiger partial charge in [-0.2, -0.15) is 0 Å². The summed E-state index contributed by atoms with van der Waals surface area (Å²) in [4.78, 5) is 0. The Hall–Kier alpha value is -1.09. The molecule has 0 amide bonds. The maximum atomic E-state index is 12.8. The van der Waals surface area contributed by atoms with Gasteiger partial charge in [-0.05, 0) is 25.0 Å². The average Bonchev–Trinajstić information content (AvgIpc) is 2.16. The first-order valence-corrected chi connectivity index (χ1v) is 4.83. The van der Waals surface area contributed by atoms with Gasteiger partial charge >= 0.3 is 0 Å². The van der Waals surface area contributed by atoms with Crippen LogP contribution in [-0.2, 0) is 6.42 Å². The van der Waals surface area contributed by atoms with Crippen molar-refractivity contribution in [3.05, 3.63) is 29.6 Å². The average molecular weight is 195 g/mol. The molecule has 1 aromatic carbocycles. The summed E-state index contributed by atoms with van der Waals surface area (Å²) in [6.07, 6.45) is 0.882. The first-order chi connectivity index (χ1) is 6.66. The van der Waals surface area contributed by atoms with Gasteiger partial charge in [0.15, 0.2) is 0 Å². The number of benzene rings is 1. The van der Waals surface area contributed by atoms with E-state index < -0.39 is 0 Å². The fraction of sp³-hybridized carbons (Fsp3) is 0.455. The highest BCUT2D eigenvalue weighted by molar-refractivity contribution is 5.36. The number of fused-ring (bicyclic) bond motifs is 1. The van der Waals surface area contributed by atoms with Gasteiger partial charge in [-0.1, -0.05) is 6.07 Å². The minimum atomic E-state index is -0.247. The third-order valence-electron chi connectivity index (χ3n) is 2.71. The molecule has 2 nitrogen and oxygen atoms in total. The predicted octanol–water partition coefficient (Wildman–Crippen LogP) is 1.72. The van der Waals surface area contributed by atoms with Gasteiger partial charge in [-0.25, -0.2) is 4.39 Å². The van der Waals surface area contributed by atoms with E-state index >= 15 is 0 Å². The predicted molar refractivity (Wildman–Crippen MR) is 52.7 cm³/mol. The number of hydrogen-bond acceptors (Lipinski definition) is 2. The van der Waals surface area contributed by atoms with Crippen molar-refractivity contribution in [2.45, 2.75) is 19.4 Å². The van der Waals surface area contributed by atoms with Crippen LogP contribution in [0.15, 0.2) is 18.2 Å². The molecule has 1 aromatic rings. The molecule has 2 N–H and O–H groups in total. The molecule has 0 spiro atoms. The number of ether oxygens (including phenoxy) is 1. The van der Waals surface area contributed by atoms with Crippen LogP contribution >= 0.6 is 0 Å². The van der Waals surface area contributed by atoms with Crippen LogP contribution in [0.5, 0.6) is 5.75 Å². The quantitative estimate of drug-likeness (QED) is 0.740. The zero-order chi connectivity index (χ0) is 10.1. The highest BCUT2D eigenvalue weighted by atomic mass is 19.1. The third kappa shape index (κ3) is 1.73. The summed E-state index contributed by atoms with van der Waals surface area (Å²) in [5, 5.41) is 0. The van der Waals surface area contributed by atoms with Crippen molar-refractivity contribution < 1.29 is 9.13 Å². The van der Waals surface area contributed by atoms with Crippen molar-refractivity contribution in [1.82, 2.24) is 0 Å². The van der Waals surface area contributed by atoms with Gasteiger partial charge in [0.2, 0.25) is 0 Å². The smallest absolute Gasteiger partial charge is 0.126 e. The maximum Gasteiger partial charge on any atom is 0.126 e. The molecular weight excluding hydrogens is 181 g/mol. The second-order valence-corrected chi connectivity index (χ2v) is 3.89. The van der Waals surface area contributed by atoms with Crippen molar-refractivity contribution >= 4 is 0 Å². The second kappa shape index (κ2) is 3.58. The lowest BCUT2D eigenvalue weighted by atomic mass is 9.92. The lowest BCUT2D eigenvalue weighted by Gasteiger charge is -2.27. The van der Waals surface area contributed by atoms with E-state index in [0.717, 1.165) is 12.0 Å². The molecule has 2 rings (SSSR count). The van der Waals surface area contributed by atoms with Crippen molar-refractivity contribution in [2.75, 3.05) is 6.61 Å². The van der Waals surface area contributed by atoms with Crippen LogP contribution in [0.2, 0.25) is 0 Å². The summed E-state index contributed by atoms with van der Waals surface area (Å²) < 4.78 is 18.3. The van der Waals surface area contributed by atoms with Crippen molar-refractivity contribution in [3.63, 3.8) is 0 Å². The summed E-state index contributed by atoms with van der Waals surface area (Å²) >= 11 is 0. The Morgan fingerprint density at radius 3 is 3.07 bits per heavy atom. The summed E-state index contributed by atoms with van der Waals surface area (Å²) in [7, 11) is 0. The summed E-state index contributed by atoms with van der Waals surface area (Å²) in [6, 6.07) is 4.80. The van der Waals surface area contributed by atoms with Gasteiger partial charge in [-0.3, -0.25) is 0 Å². The lowest BCUT2D eigenvalue weighted by molar-refractivity contribution is 0.203. The van der Waals surface area contributed by atoms with Crippen LogP contribution in [0.3, 0.4) is 0 Å². The van der Waals surface area contributed by atoms with Crippen LogP contribution in [-0.4, -0.2) is 12.6 Å². The molecule has 1 aliphatic heterocycles. The van der Waals surface area contributed by atoms with E-state index in [9.17, 15) is 4.39 Å². The van der Waals surface area contributed by atoms with E-state index in [1.54, 1.807) is 6.07 Å². The number of halogens is 1. The normalized spacial score (nSPS) is 22.4. The van der Waals surface area contributed by atoms with E-state index in [4.69, 9.17) is 10.5 Å². The van der Waals surface area contributed by atoms with Gasteiger partial charge in [0, 0.05) is 18.0 Å². The standard InChI is InChI=1S/C11H14FNO/c1-7(13)9-4-8-2-3-10(12)5-11(8)14-6-9/h2-3,5,7,9H,4,6,13H2,1H3. The maximum absolute atomic E-state index is 12.8. The molecular formula is C11H14FNO. The first-order valence-electron chi connectivity index (χ1n) is 4.83. The summed E-state index contributed by atoms with van der Waals surface area (Å²) in [6.45, 7) is 2.57. The molecule has 0 saturated heterocycles. The van der Waals surface area contributed by atoms with Crippen molar-refractivity contribution in [1.29, 1.82) is 0 Å². The molecule has 0 saturated carbocycles. The zero-order valence-electron chi connectivity index (χ0n) is 8.16. The molecule has 76 valence electrons. The molecule has 0 fully saturated rings. The third-order valence-corrected chi connectivity index (χ3v) is 2.71. The van der Waals surface area contributed by atoms with Crippen LogP contribution < -0.4 is 10.5 Å². The van der Waals surface area contributed by atoms with Crippen LogP contribution in [0.1, 0.15) is 12.5 Å². The second-order valence-electron chi connectivity index (χ2n) is 3.89. The van der Waals surface area contributed by atoms with Crippen LogP contribution in [0, 0.1) is 11.7 Å². The van der Waals surface area contributed by atoms with E-state index in [2.05, 4.69) is 0 Å². The van der Waals surface area contributed by atoms with Gasteiger partial charge in [0.1, 0.15) is 11.6 Å². The minimum absolute atomic E-state index is 0.119.